The second-order valence-corrected chi connectivity index (χ2v) is 3.90. The molecular formula is C10H20N4. The Morgan fingerprint density at radius 1 is 1.36 bits per heavy atom. The van der Waals surface area contributed by atoms with E-state index in [0.29, 0.717) is 6.04 Å². The molecule has 4 nitrogen and oxygen atoms in total. The lowest BCUT2D eigenvalue weighted by Crippen LogP contribution is -2.14. The van der Waals surface area contributed by atoms with E-state index in [1.165, 1.54) is 0 Å². The van der Waals surface area contributed by atoms with Gasteiger partial charge in [-0.3, -0.25) is 4.68 Å². The molecule has 1 aromatic heterocycles. The Morgan fingerprint density at radius 2 is 2.07 bits per heavy atom. The van der Waals surface area contributed by atoms with Crippen LogP contribution in [0.15, 0.2) is 0 Å². The van der Waals surface area contributed by atoms with Crippen LogP contribution in [-0.2, 0) is 6.54 Å². The van der Waals surface area contributed by atoms with Crippen LogP contribution in [0.25, 0.3) is 0 Å². The van der Waals surface area contributed by atoms with Crippen LogP contribution in [0.2, 0.25) is 0 Å². The van der Waals surface area contributed by atoms with E-state index in [1.54, 1.807) is 0 Å². The normalized spacial score (nSPS) is 13.1. The summed E-state index contributed by atoms with van der Waals surface area (Å²) in [6.07, 6.45) is 3.38. The molecule has 1 atom stereocenters. The molecule has 0 spiro atoms. The van der Waals surface area contributed by atoms with Crippen LogP contribution in [0.4, 0.5) is 0 Å². The maximum absolute atomic E-state index is 5.67. The molecule has 14 heavy (non-hydrogen) atoms. The van der Waals surface area contributed by atoms with Crippen molar-refractivity contribution in [1.82, 2.24) is 14.8 Å². The fourth-order valence-electron chi connectivity index (χ4n) is 1.50. The van der Waals surface area contributed by atoms with Gasteiger partial charge < -0.3 is 5.73 Å². The minimum atomic E-state index is 0.313. The molecule has 0 saturated heterocycles. The van der Waals surface area contributed by atoms with Gasteiger partial charge in [0.2, 0.25) is 0 Å². The highest BCUT2D eigenvalue weighted by molar-refractivity contribution is 4.87. The zero-order valence-corrected chi connectivity index (χ0v) is 9.32. The Morgan fingerprint density at radius 3 is 2.57 bits per heavy atom. The van der Waals surface area contributed by atoms with Crippen LogP contribution in [0, 0.1) is 13.8 Å². The number of hydrogen-bond acceptors (Lipinski definition) is 3. The summed E-state index contributed by atoms with van der Waals surface area (Å²) in [6.45, 7) is 6.92. The van der Waals surface area contributed by atoms with Gasteiger partial charge in [0.15, 0.2) is 0 Å². The lowest BCUT2D eigenvalue weighted by atomic mass is 10.1. The third-order valence-corrected chi connectivity index (χ3v) is 2.24. The molecule has 0 aliphatic heterocycles. The molecule has 0 fully saturated rings. The van der Waals surface area contributed by atoms with E-state index in [0.717, 1.165) is 37.5 Å². The van der Waals surface area contributed by atoms with Crippen molar-refractivity contribution in [2.75, 3.05) is 0 Å². The highest BCUT2D eigenvalue weighted by Crippen LogP contribution is 2.03. The van der Waals surface area contributed by atoms with E-state index < -0.39 is 0 Å². The number of nitrogens with two attached hydrogens (primary N) is 1. The van der Waals surface area contributed by atoms with Crippen molar-refractivity contribution in [3.8, 4) is 0 Å². The molecule has 0 bridgehead atoms. The van der Waals surface area contributed by atoms with E-state index in [2.05, 4.69) is 10.1 Å². The van der Waals surface area contributed by atoms with Crippen molar-refractivity contribution >= 4 is 0 Å². The van der Waals surface area contributed by atoms with Crippen molar-refractivity contribution in [2.45, 2.75) is 52.6 Å². The Labute approximate surface area is 85.5 Å². The number of aryl methyl sites for hydroxylation is 3. The van der Waals surface area contributed by atoms with Crippen LogP contribution < -0.4 is 5.73 Å². The minimum absolute atomic E-state index is 0.313. The van der Waals surface area contributed by atoms with Gasteiger partial charge in [0.1, 0.15) is 11.6 Å². The van der Waals surface area contributed by atoms with Gasteiger partial charge >= 0.3 is 0 Å². The highest BCUT2D eigenvalue weighted by Gasteiger charge is 2.01. The number of rotatable bonds is 5. The molecule has 0 aliphatic rings. The molecule has 0 radical (unpaired) electrons. The lowest BCUT2D eigenvalue weighted by Gasteiger charge is -2.05. The zero-order valence-electron chi connectivity index (χ0n) is 9.32. The molecule has 0 saturated carbocycles. The summed E-state index contributed by atoms with van der Waals surface area (Å²) in [7, 11) is 0. The molecule has 0 aromatic carbocycles. The first-order valence-corrected chi connectivity index (χ1v) is 5.23. The lowest BCUT2D eigenvalue weighted by molar-refractivity contribution is 0.511. The summed E-state index contributed by atoms with van der Waals surface area (Å²) in [5.41, 5.74) is 5.67. The van der Waals surface area contributed by atoms with Crippen LogP contribution in [0.3, 0.4) is 0 Å². The summed E-state index contributed by atoms with van der Waals surface area (Å²) >= 11 is 0. The van der Waals surface area contributed by atoms with Crippen molar-refractivity contribution in [2.24, 2.45) is 5.73 Å². The maximum atomic E-state index is 5.67. The summed E-state index contributed by atoms with van der Waals surface area (Å²) < 4.78 is 1.97. The van der Waals surface area contributed by atoms with E-state index in [1.807, 2.05) is 25.5 Å². The first kappa shape index (κ1) is 11.2. The Kier molecular flexibility index (Phi) is 4.07. The number of hydrogen-bond donors (Lipinski definition) is 1. The molecule has 1 heterocycles. The van der Waals surface area contributed by atoms with Crippen molar-refractivity contribution in [3.05, 3.63) is 11.6 Å². The van der Waals surface area contributed by atoms with Gasteiger partial charge in [-0.15, -0.1) is 0 Å². The Hall–Kier alpha value is -0.900. The number of aromatic nitrogens is 3. The maximum Gasteiger partial charge on any atom is 0.147 e. The van der Waals surface area contributed by atoms with Crippen molar-refractivity contribution in [3.63, 3.8) is 0 Å². The molecule has 1 rings (SSSR count). The SMILES string of the molecule is Cc1nc(C)n(CCCCC(C)N)n1. The van der Waals surface area contributed by atoms with E-state index in [4.69, 9.17) is 5.73 Å². The average Bonchev–Trinajstić information content (AvgIpc) is 2.39. The van der Waals surface area contributed by atoms with Crippen LogP contribution in [-0.4, -0.2) is 20.8 Å². The van der Waals surface area contributed by atoms with Crippen LogP contribution >= 0.6 is 0 Å². The largest absolute Gasteiger partial charge is 0.328 e. The van der Waals surface area contributed by atoms with Gasteiger partial charge in [0.05, 0.1) is 0 Å². The predicted octanol–water partition coefficient (Wildman–Crippen LogP) is 1.41. The second-order valence-electron chi connectivity index (χ2n) is 3.90. The molecule has 0 amide bonds. The smallest absolute Gasteiger partial charge is 0.147 e. The third kappa shape index (κ3) is 3.46. The fraction of sp³-hybridized carbons (Fsp3) is 0.800. The molecule has 1 aromatic rings. The van der Waals surface area contributed by atoms with E-state index >= 15 is 0 Å². The Balaban J connectivity index is 2.28. The van der Waals surface area contributed by atoms with Gasteiger partial charge in [-0.1, -0.05) is 6.42 Å². The fourth-order valence-corrected chi connectivity index (χ4v) is 1.50. The zero-order chi connectivity index (χ0) is 10.6. The first-order valence-electron chi connectivity index (χ1n) is 5.23. The second kappa shape index (κ2) is 5.10. The van der Waals surface area contributed by atoms with E-state index in [9.17, 15) is 0 Å². The quantitative estimate of drug-likeness (QED) is 0.724. The van der Waals surface area contributed by atoms with Crippen molar-refractivity contribution < 1.29 is 0 Å². The third-order valence-electron chi connectivity index (χ3n) is 2.24. The molecular weight excluding hydrogens is 176 g/mol. The Bertz CT molecular complexity index is 278. The first-order chi connectivity index (χ1) is 6.59. The molecule has 1 unspecified atom stereocenters. The number of nitrogens with zero attached hydrogens (tertiary/aromatic N) is 3. The summed E-state index contributed by atoms with van der Waals surface area (Å²) in [5, 5.41) is 4.30. The average molecular weight is 196 g/mol. The topological polar surface area (TPSA) is 56.7 Å². The molecule has 0 aliphatic carbocycles. The standard InChI is InChI=1S/C10H20N4/c1-8(11)6-4-5-7-14-10(3)12-9(2)13-14/h8H,4-7,11H2,1-3H3. The predicted molar refractivity (Wildman–Crippen MR) is 57.0 cm³/mol. The molecule has 80 valence electrons. The number of unbranched alkanes of at least 4 members (excludes halogenated alkanes) is 1. The van der Waals surface area contributed by atoms with Gasteiger partial charge in [0, 0.05) is 12.6 Å². The van der Waals surface area contributed by atoms with E-state index in [-0.39, 0.29) is 0 Å². The van der Waals surface area contributed by atoms with Gasteiger partial charge in [-0.25, -0.2) is 4.98 Å². The van der Waals surface area contributed by atoms with Gasteiger partial charge in [-0.05, 0) is 33.6 Å². The minimum Gasteiger partial charge on any atom is -0.328 e. The van der Waals surface area contributed by atoms with Crippen molar-refractivity contribution in [1.29, 1.82) is 0 Å². The molecule has 2 N–H and O–H groups in total. The molecule has 4 heteroatoms. The monoisotopic (exact) mass is 196 g/mol. The summed E-state index contributed by atoms with van der Waals surface area (Å²) in [6, 6.07) is 0.313. The van der Waals surface area contributed by atoms with Crippen LogP contribution in [0.1, 0.15) is 37.8 Å². The summed E-state index contributed by atoms with van der Waals surface area (Å²) in [5.74, 6) is 1.86. The highest BCUT2D eigenvalue weighted by atomic mass is 15.3. The summed E-state index contributed by atoms with van der Waals surface area (Å²) in [4.78, 5) is 4.25. The van der Waals surface area contributed by atoms with Gasteiger partial charge in [0.25, 0.3) is 0 Å². The van der Waals surface area contributed by atoms with Crippen LogP contribution in [0.5, 0.6) is 0 Å². The van der Waals surface area contributed by atoms with Gasteiger partial charge in [-0.2, -0.15) is 5.10 Å².